The van der Waals surface area contributed by atoms with Gasteiger partial charge in [0.2, 0.25) is 10.0 Å². The number of hydrogen-bond acceptors (Lipinski definition) is 6. The van der Waals surface area contributed by atoms with Crippen molar-refractivity contribution in [1.82, 2.24) is 18.8 Å². The zero-order chi connectivity index (χ0) is 20.4. The number of thiazole rings is 1. The summed E-state index contributed by atoms with van der Waals surface area (Å²) in [6.45, 7) is 6.20. The van der Waals surface area contributed by atoms with Gasteiger partial charge in [-0.3, -0.25) is 0 Å². The monoisotopic (exact) mass is 450 g/mol. The van der Waals surface area contributed by atoms with Crippen LogP contribution >= 0.6 is 23.1 Å². The first-order valence-corrected chi connectivity index (χ1v) is 13.4. The molecule has 0 aliphatic carbocycles. The summed E-state index contributed by atoms with van der Waals surface area (Å²) in [5, 5.41) is 4.16. The molecule has 0 unspecified atom stereocenters. The van der Waals surface area contributed by atoms with Gasteiger partial charge in [-0.25, -0.2) is 18.4 Å². The molecular formula is C20H26N4O2S3. The second-order valence-electron chi connectivity index (χ2n) is 7.13. The number of nitrogens with zero attached hydrogens (tertiary/aromatic N) is 4. The standard InChI is InChI=1S/C20H26N4O2S3/c1-3-19-21-15(13-27-19)14-28-20-22-17-12-16(8-9-18(17)24(20)4-2)29(25,26)23-10-6-5-7-11-23/h8-9,12-13H,3-7,10-11,14H2,1-2H3. The van der Waals surface area contributed by atoms with Crippen LogP contribution in [0.5, 0.6) is 0 Å². The quantitative estimate of drug-likeness (QED) is 0.494. The van der Waals surface area contributed by atoms with Gasteiger partial charge in [-0.2, -0.15) is 4.31 Å². The molecule has 0 atom stereocenters. The van der Waals surface area contributed by atoms with Crippen molar-refractivity contribution < 1.29 is 8.42 Å². The number of piperidine rings is 1. The molecule has 0 bridgehead atoms. The summed E-state index contributed by atoms with van der Waals surface area (Å²) in [5.41, 5.74) is 2.78. The second-order valence-corrected chi connectivity index (χ2v) is 11.0. The number of benzene rings is 1. The van der Waals surface area contributed by atoms with Gasteiger partial charge < -0.3 is 4.57 Å². The number of rotatable bonds is 7. The zero-order valence-electron chi connectivity index (χ0n) is 16.8. The highest BCUT2D eigenvalue weighted by Crippen LogP contribution is 2.30. The average molecular weight is 451 g/mol. The lowest BCUT2D eigenvalue weighted by Crippen LogP contribution is -2.35. The topological polar surface area (TPSA) is 68.1 Å². The van der Waals surface area contributed by atoms with Crippen molar-refractivity contribution in [2.24, 2.45) is 0 Å². The second kappa shape index (κ2) is 8.75. The maximum absolute atomic E-state index is 13.0. The molecule has 0 radical (unpaired) electrons. The smallest absolute Gasteiger partial charge is 0.243 e. The van der Waals surface area contributed by atoms with E-state index < -0.39 is 10.0 Å². The zero-order valence-corrected chi connectivity index (χ0v) is 19.2. The Morgan fingerprint density at radius 2 is 1.93 bits per heavy atom. The highest BCUT2D eigenvalue weighted by atomic mass is 32.2. The predicted octanol–water partition coefficient (Wildman–Crippen LogP) is 4.54. The fraction of sp³-hybridized carbons (Fsp3) is 0.500. The van der Waals surface area contributed by atoms with Crippen LogP contribution < -0.4 is 0 Å². The Morgan fingerprint density at radius 1 is 1.14 bits per heavy atom. The Kier molecular flexibility index (Phi) is 6.29. The summed E-state index contributed by atoms with van der Waals surface area (Å²) < 4.78 is 29.8. The Bertz CT molecular complexity index is 1100. The van der Waals surface area contributed by atoms with Gasteiger partial charge in [0.25, 0.3) is 0 Å². The summed E-state index contributed by atoms with van der Waals surface area (Å²) in [6, 6.07) is 5.35. The molecule has 6 nitrogen and oxygen atoms in total. The molecule has 0 spiro atoms. The first-order valence-electron chi connectivity index (χ1n) is 10.1. The minimum Gasteiger partial charge on any atom is -0.319 e. The predicted molar refractivity (Wildman–Crippen MR) is 119 cm³/mol. The average Bonchev–Trinajstić information content (AvgIpc) is 3.35. The van der Waals surface area contributed by atoms with Crippen molar-refractivity contribution in [1.29, 1.82) is 0 Å². The maximum atomic E-state index is 13.0. The third kappa shape index (κ3) is 4.23. The van der Waals surface area contributed by atoms with Crippen LogP contribution in [0.2, 0.25) is 0 Å². The van der Waals surface area contributed by atoms with Crippen LogP contribution in [-0.4, -0.2) is 40.3 Å². The third-order valence-corrected chi connectivity index (χ3v) is 9.15. The van der Waals surface area contributed by atoms with E-state index in [-0.39, 0.29) is 0 Å². The summed E-state index contributed by atoms with van der Waals surface area (Å²) in [6.07, 6.45) is 3.93. The van der Waals surface area contributed by atoms with E-state index >= 15 is 0 Å². The van der Waals surface area contributed by atoms with Gasteiger partial charge in [0.1, 0.15) is 0 Å². The van der Waals surface area contributed by atoms with Crippen molar-refractivity contribution in [2.45, 2.75) is 61.9 Å². The third-order valence-electron chi connectivity index (χ3n) is 5.20. The number of sulfonamides is 1. The normalized spacial score (nSPS) is 15.9. The first kappa shape index (κ1) is 20.8. The number of aryl methyl sites for hydroxylation is 2. The van der Waals surface area contributed by atoms with Crippen LogP contribution in [0.1, 0.15) is 43.8 Å². The molecule has 2 aromatic heterocycles. The van der Waals surface area contributed by atoms with Gasteiger partial charge in [-0.1, -0.05) is 25.1 Å². The summed E-state index contributed by atoms with van der Waals surface area (Å²) in [4.78, 5) is 9.73. The molecule has 3 heterocycles. The highest BCUT2D eigenvalue weighted by Gasteiger charge is 2.26. The molecule has 9 heteroatoms. The minimum atomic E-state index is -3.45. The van der Waals surface area contributed by atoms with Crippen LogP contribution in [0, 0.1) is 0 Å². The van der Waals surface area contributed by atoms with Gasteiger partial charge in [0.05, 0.1) is 26.6 Å². The number of thioether (sulfide) groups is 1. The molecule has 1 aromatic carbocycles. The van der Waals surface area contributed by atoms with Gasteiger partial charge in [-0.15, -0.1) is 11.3 Å². The molecule has 1 saturated heterocycles. The molecule has 4 rings (SSSR count). The van der Waals surface area contributed by atoms with Crippen LogP contribution in [0.25, 0.3) is 11.0 Å². The Morgan fingerprint density at radius 3 is 2.62 bits per heavy atom. The number of fused-ring (bicyclic) bond motifs is 1. The lowest BCUT2D eigenvalue weighted by molar-refractivity contribution is 0.346. The molecule has 0 saturated carbocycles. The minimum absolute atomic E-state index is 0.344. The van der Waals surface area contributed by atoms with Gasteiger partial charge in [0, 0.05) is 30.8 Å². The van der Waals surface area contributed by atoms with E-state index in [2.05, 4.69) is 28.8 Å². The van der Waals surface area contributed by atoms with E-state index in [0.717, 1.165) is 64.9 Å². The molecule has 1 fully saturated rings. The number of imidazole rings is 1. The van der Waals surface area contributed by atoms with E-state index in [4.69, 9.17) is 4.98 Å². The van der Waals surface area contributed by atoms with Gasteiger partial charge in [-0.05, 0) is 44.4 Å². The van der Waals surface area contributed by atoms with Gasteiger partial charge in [0.15, 0.2) is 5.16 Å². The first-order chi connectivity index (χ1) is 14.0. The summed E-state index contributed by atoms with van der Waals surface area (Å²) in [5.74, 6) is 0.763. The molecule has 3 aromatic rings. The Balaban J connectivity index is 1.61. The van der Waals surface area contributed by atoms with E-state index in [9.17, 15) is 8.42 Å². The SMILES string of the molecule is CCc1nc(CSc2nc3cc(S(=O)(=O)N4CCCCC4)ccc3n2CC)cs1. The lowest BCUT2D eigenvalue weighted by Gasteiger charge is -2.25. The van der Waals surface area contributed by atoms with E-state index in [1.807, 2.05) is 6.07 Å². The van der Waals surface area contributed by atoms with E-state index in [0.29, 0.717) is 18.0 Å². The van der Waals surface area contributed by atoms with Crippen molar-refractivity contribution in [3.63, 3.8) is 0 Å². The fourth-order valence-corrected chi connectivity index (χ4v) is 6.99. The largest absolute Gasteiger partial charge is 0.319 e. The lowest BCUT2D eigenvalue weighted by atomic mass is 10.2. The Labute approximate surface area is 180 Å². The molecule has 0 N–H and O–H groups in total. The number of aromatic nitrogens is 3. The molecule has 1 aliphatic rings. The fourth-order valence-electron chi connectivity index (χ4n) is 3.63. The summed E-state index contributed by atoms with van der Waals surface area (Å²) >= 11 is 3.35. The van der Waals surface area contributed by atoms with Crippen molar-refractivity contribution in [3.8, 4) is 0 Å². The van der Waals surface area contributed by atoms with Crippen LogP contribution in [0.4, 0.5) is 0 Å². The Hall–Kier alpha value is -1.42. The molecule has 156 valence electrons. The molecular weight excluding hydrogens is 424 g/mol. The molecule has 29 heavy (non-hydrogen) atoms. The molecule has 1 aliphatic heterocycles. The van der Waals surface area contributed by atoms with Crippen LogP contribution in [-0.2, 0) is 28.7 Å². The van der Waals surface area contributed by atoms with Crippen LogP contribution in [0.15, 0.2) is 33.6 Å². The summed E-state index contributed by atoms with van der Waals surface area (Å²) in [7, 11) is -3.45. The van der Waals surface area contributed by atoms with Crippen molar-refractivity contribution >= 4 is 44.2 Å². The van der Waals surface area contributed by atoms with E-state index in [1.54, 1.807) is 39.5 Å². The van der Waals surface area contributed by atoms with Gasteiger partial charge >= 0.3 is 0 Å². The number of hydrogen-bond donors (Lipinski definition) is 0. The maximum Gasteiger partial charge on any atom is 0.243 e. The van der Waals surface area contributed by atoms with E-state index in [1.165, 1.54) is 0 Å². The molecule has 0 amide bonds. The van der Waals surface area contributed by atoms with Crippen molar-refractivity contribution in [2.75, 3.05) is 13.1 Å². The highest BCUT2D eigenvalue weighted by molar-refractivity contribution is 7.98. The van der Waals surface area contributed by atoms with Crippen molar-refractivity contribution in [3.05, 3.63) is 34.3 Å². The van der Waals surface area contributed by atoms with Crippen LogP contribution in [0.3, 0.4) is 0 Å².